The predicted octanol–water partition coefficient (Wildman–Crippen LogP) is 0.208. The van der Waals surface area contributed by atoms with Gasteiger partial charge in [0.25, 0.3) is 0 Å². The van der Waals surface area contributed by atoms with Gasteiger partial charge in [0, 0.05) is 12.5 Å². The Hall–Kier alpha value is -1.79. The first kappa shape index (κ1) is 17.6. The molecule has 2 rings (SSSR count). The van der Waals surface area contributed by atoms with Crippen molar-refractivity contribution in [3.8, 4) is 12.3 Å². The van der Waals surface area contributed by atoms with Gasteiger partial charge < -0.3 is 9.88 Å². The number of sulfone groups is 1. The Morgan fingerprint density at radius 2 is 2.35 bits per heavy atom. The molecule has 0 radical (unpaired) electrons. The second-order valence-corrected chi connectivity index (χ2v) is 8.28. The van der Waals surface area contributed by atoms with Gasteiger partial charge in [-0.25, -0.2) is 8.42 Å². The molecule has 0 aromatic carbocycles. The average Bonchev–Trinajstić information content (AvgIpc) is 3.06. The van der Waals surface area contributed by atoms with Crippen molar-refractivity contribution in [3.05, 3.63) is 18.5 Å². The number of nitrogens with zero attached hydrogens (tertiary/aromatic N) is 3. The van der Waals surface area contributed by atoms with Crippen LogP contribution in [-0.2, 0) is 21.2 Å². The Bertz CT molecular complexity index is 734. The minimum absolute atomic E-state index is 0.0929. The smallest absolute Gasteiger partial charge is 0.231 e. The largest absolute Gasteiger partial charge is 0.344 e. The zero-order valence-electron chi connectivity index (χ0n) is 12.6. The number of amides is 1. The highest BCUT2D eigenvalue weighted by Gasteiger charge is 2.33. The highest BCUT2D eigenvalue weighted by atomic mass is 32.2. The van der Waals surface area contributed by atoms with Crippen molar-refractivity contribution >= 4 is 27.5 Å². The van der Waals surface area contributed by atoms with Crippen molar-refractivity contribution in [3.63, 3.8) is 0 Å². The summed E-state index contributed by atoms with van der Waals surface area (Å²) in [5.41, 5.74) is 0. The Balaban J connectivity index is 2.11. The van der Waals surface area contributed by atoms with E-state index in [0.717, 1.165) is 0 Å². The van der Waals surface area contributed by atoms with Crippen LogP contribution in [0.3, 0.4) is 0 Å². The van der Waals surface area contributed by atoms with E-state index in [2.05, 4.69) is 28.0 Å². The fourth-order valence-electron chi connectivity index (χ4n) is 2.34. The molecule has 1 aromatic heterocycles. The fraction of sp³-hybridized carbons (Fsp3) is 0.500. The average molecular weight is 354 g/mol. The van der Waals surface area contributed by atoms with Crippen LogP contribution >= 0.6 is 11.8 Å². The van der Waals surface area contributed by atoms with Gasteiger partial charge in [0.05, 0.1) is 23.8 Å². The van der Waals surface area contributed by atoms with E-state index in [0.29, 0.717) is 23.9 Å². The number of hydrogen-bond donors (Lipinski definition) is 1. The first-order valence-corrected chi connectivity index (χ1v) is 9.85. The van der Waals surface area contributed by atoms with E-state index >= 15 is 0 Å². The molecule has 1 N–H and O–H groups in total. The summed E-state index contributed by atoms with van der Waals surface area (Å²) in [5, 5.41) is 11.4. The monoisotopic (exact) mass is 354 g/mol. The number of carbonyl (C=O) groups is 1. The number of rotatable bonds is 7. The lowest BCUT2D eigenvalue weighted by atomic mass is 10.1. The van der Waals surface area contributed by atoms with Crippen molar-refractivity contribution < 1.29 is 13.2 Å². The van der Waals surface area contributed by atoms with Gasteiger partial charge in [-0.05, 0) is 6.42 Å². The molecular formula is C14H18N4O3S2. The summed E-state index contributed by atoms with van der Waals surface area (Å²) in [6.07, 6.45) is 7.32. The second-order valence-electron chi connectivity index (χ2n) is 5.11. The molecule has 2 heterocycles. The van der Waals surface area contributed by atoms with E-state index in [4.69, 9.17) is 6.42 Å². The number of carbonyl (C=O) groups excluding carboxylic acids is 1. The molecule has 1 aliphatic heterocycles. The van der Waals surface area contributed by atoms with Gasteiger partial charge in [0.2, 0.25) is 5.91 Å². The molecule has 1 aliphatic rings. The zero-order chi connectivity index (χ0) is 16.9. The van der Waals surface area contributed by atoms with Gasteiger partial charge >= 0.3 is 0 Å². The molecule has 124 valence electrons. The standard InChI is InChI=1S/C14H18N4O3S2/c1-3-6-15-12(19)9-22-14-17-16-13(18(14)7-4-2)11-5-8-23(20,21)10-11/h1,4,11H,2,5-10H2,(H,15,19)/t11-/m0/s1. The maximum Gasteiger partial charge on any atom is 0.231 e. The van der Waals surface area contributed by atoms with Crippen molar-refractivity contribution in [1.29, 1.82) is 0 Å². The van der Waals surface area contributed by atoms with Crippen LogP contribution in [0.5, 0.6) is 0 Å². The summed E-state index contributed by atoms with van der Waals surface area (Å²) < 4.78 is 25.1. The van der Waals surface area contributed by atoms with Gasteiger partial charge in [0.15, 0.2) is 15.0 Å². The maximum absolute atomic E-state index is 11.7. The quantitative estimate of drug-likeness (QED) is 0.427. The summed E-state index contributed by atoms with van der Waals surface area (Å²) >= 11 is 1.24. The van der Waals surface area contributed by atoms with Gasteiger partial charge in [-0.1, -0.05) is 23.8 Å². The molecule has 1 saturated heterocycles. The molecule has 1 fully saturated rings. The van der Waals surface area contributed by atoms with E-state index in [1.807, 2.05) is 4.57 Å². The van der Waals surface area contributed by atoms with E-state index < -0.39 is 9.84 Å². The van der Waals surface area contributed by atoms with Crippen molar-refractivity contribution in [2.45, 2.75) is 24.0 Å². The number of thioether (sulfide) groups is 1. The van der Waals surface area contributed by atoms with E-state index in [1.165, 1.54) is 11.8 Å². The number of nitrogens with one attached hydrogen (secondary N) is 1. The lowest BCUT2D eigenvalue weighted by molar-refractivity contribution is -0.118. The lowest BCUT2D eigenvalue weighted by Crippen LogP contribution is -2.25. The van der Waals surface area contributed by atoms with E-state index in [1.54, 1.807) is 6.08 Å². The molecule has 0 aliphatic carbocycles. The fourth-order valence-corrected chi connectivity index (χ4v) is 4.86. The van der Waals surface area contributed by atoms with Gasteiger partial charge in [-0.15, -0.1) is 23.2 Å². The van der Waals surface area contributed by atoms with E-state index in [9.17, 15) is 13.2 Å². The minimum atomic E-state index is -3.00. The zero-order valence-corrected chi connectivity index (χ0v) is 14.2. The van der Waals surface area contributed by atoms with Crippen LogP contribution in [0.25, 0.3) is 0 Å². The summed E-state index contributed by atoms with van der Waals surface area (Å²) in [7, 11) is -3.00. The van der Waals surface area contributed by atoms with E-state index in [-0.39, 0.29) is 35.6 Å². The Labute approximate surface area is 139 Å². The lowest BCUT2D eigenvalue weighted by Gasteiger charge is -2.11. The molecule has 0 bridgehead atoms. The first-order valence-electron chi connectivity index (χ1n) is 7.04. The maximum atomic E-state index is 11.7. The van der Waals surface area contributed by atoms with Crippen LogP contribution in [0, 0.1) is 12.3 Å². The summed E-state index contributed by atoms with van der Waals surface area (Å²) in [6, 6.07) is 0. The third kappa shape index (κ3) is 4.59. The van der Waals surface area contributed by atoms with Crippen LogP contribution in [0.1, 0.15) is 18.2 Å². The Morgan fingerprint density at radius 1 is 1.57 bits per heavy atom. The molecule has 1 aromatic rings. The van der Waals surface area contributed by atoms with Crippen LogP contribution in [-0.4, -0.2) is 52.9 Å². The normalized spacial score (nSPS) is 19.2. The molecule has 7 nitrogen and oxygen atoms in total. The molecule has 0 saturated carbocycles. The molecule has 1 amide bonds. The summed E-state index contributed by atoms with van der Waals surface area (Å²) in [5.74, 6) is 3.06. The Kier molecular flexibility index (Phi) is 5.85. The third-order valence-electron chi connectivity index (χ3n) is 3.37. The third-order valence-corrected chi connectivity index (χ3v) is 6.11. The highest BCUT2D eigenvalue weighted by molar-refractivity contribution is 7.99. The van der Waals surface area contributed by atoms with Gasteiger partial charge in [0.1, 0.15) is 5.82 Å². The van der Waals surface area contributed by atoms with Crippen LogP contribution < -0.4 is 5.32 Å². The minimum Gasteiger partial charge on any atom is -0.344 e. The summed E-state index contributed by atoms with van der Waals surface area (Å²) in [6.45, 7) is 4.35. The van der Waals surface area contributed by atoms with Crippen LogP contribution in [0.15, 0.2) is 17.8 Å². The molecule has 0 spiro atoms. The number of allylic oxidation sites excluding steroid dienone is 1. The molecular weight excluding hydrogens is 336 g/mol. The summed E-state index contributed by atoms with van der Waals surface area (Å²) in [4.78, 5) is 11.6. The van der Waals surface area contributed by atoms with Crippen molar-refractivity contribution in [1.82, 2.24) is 20.1 Å². The first-order chi connectivity index (χ1) is 11.0. The topological polar surface area (TPSA) is 94.0 Å². The molecule has 23 heavy (non-hydrogen) atoms. The highest BCUT2D eigenvalue weighted by Crippen LogP contribution is 2.30. The molecule has 1 atom stereocenters. The van der Waals surface area contributed by atoms with Crippen LogP contribution in [0.4, 0.5) is 0 Å². The SMILES string of the molecule is C#CCNC(=O)CSc1nnc([C@H]2CCS(=O)(=O)C2)n1CC=C. The van der Waals surface area contributed by atoms with Crippen molar-refractivity contribution in [2.75, 3.05) is 23.8 Å². The van der Waals surface area contributed by atoms with Gasteiger partial charge in [-0.3, -0.25) is 4.79 Å². The Morgan fingerprint density at radius 3 is 2.96 bits per heavy atom. The van der Waals surface area contributed by atoms with Crippen molar-refractivity contribution in [2.24, 2.45) is 0 Å². The number of hydrogen-bond acceptors (Lipinski definition) is 6. The second kappa shape index (κ2) is 7.66. The predicted molar refractivity (Wildman–Crippen MR) is 88.8 cm³/mol. The number of terminal acetylenes is 1. The van der Waals surface area contributed by atoms with Crippen LogP contribution in [0.2, 0.25) is 0 Å². The van der Waals surface area contributed by atoms with Gasteiger partial charge in [-0.2, -0.15) is 0 Å². The molecule has 9 heteroatoms. The number of aromatic nitrogens is 3. The molecule has 0 unspecified atom stereocenters.